The third-order valence-corrected chi connectivity index (χ3v) is 3.01. The number of hydrogen-bond acceptors (Lipinski definition) is 6. The number of methoxy groups -OCH3 is 1. The lowest BCUT2D eigenvalue weighted by molar-refractivity contribution is -0.142. The summed E-state index contributed by atoms with van der Waals surface area (Å²) >= 11 is 0. The first-order chi connectivity index (χ1) is 9.35. The van der Waals surface area contributed by atoms with Gasteiger partial charge in [-0.15, -0.1) is 0 Å². The van der Waals surface area contributed by atoms with Crippen molar-refractivity contribution in [1.29, 1.82) is 0 Å². The summed E-state index contributed by atoms with van der Waals surface area (Å²) in [5.74, 6) is -1.85. The van der Waals surface area contributed by atoms with E-state index in [1.165, 1.54) is 7.11 Å². The van der Waals surface area contributed by atoms with E-state index in [-0.39, 0.29) is 25.9 Å². The minimum atomic E-state index is -1.28. The number of urea groups is 1. The number of aliphatic carboxylic acids is 1. The van der Waals surface area contributed by atoms with Gasteiger partial charge in [0.05, 0.1) is 32.4 Å². The normalized spacial score (nSPS) is 23.2. The molecule has 1 fully saturated rings. The van der Waals surface area contributed by atoms with Crippen LogP contribution < -0.4 is 5.32 Å². The Kier molecular flexibility index (Phi) is 5.71. The molecule has 9 heteroatoms. The number of likely N-dealkylation sites (tertiary alicyclic amines) is 1. The molecule has 0 bridgehead atoms. The molecule has 1 saturated heterocycles. The zero-order chi connectivity index (χ0) is 15.3. The van der Waals surface area contributed by atoms with Crippen LogP contribution in [0.15, 0.2) is 0 Å². The van der Waals surface area contributed by atoms with E-state index < -0.39 is 36.2 Å². The summed E-state index contributed by atoms with van der Waals surface area (Å²) in [6, 6.07) is -1.95. The summed E-state index contributed by atoms with van der Waals surface area (Å²) < 4.78 is 4.39. The highest BCUT2D eigenvalue weighted by molar-refractivity contribution is 5.83. The lowest BCUT2D eigenvalue weighted by Crippen LogP contribution is -2.47. The van der Waals surface area contributed by atoms with Crippen molar-refractivity contribution in [2.45, 2.75) is 31.1 Å². The molecule has 2 unspecified atom stereocenters. The van der Waals surface area contributed by atoms with Crippen molar-refractivity contribution >= 4 is 18.0 Å². The number of aliphatic hydroxyl groups is 2. The number of carbonyl (C=O) groups excluding carboxylic acids is 2. The average Bonchev–Trinajstić information content (AvgIpc) is 2.73. The van der Waals surface area contributed by atoms with Crippen LogP contribution in [0.25, 0.3) is 0 Å². The molecule has 3 atom stereocenters. The monoisotopic (exact) mass is 290 g/mol. The van der Waals surface area contributed by atoms with E-state index in [1.807, 2.05) is 0 Å². The summed E-state index contributed by atoms with van der Waals surface area (Å²) in [4.78, 5) is 34.9. The number of carboxylic acid groups (broad SMARTS) is 1. The predicted molar refractivity (Wildman–Crippen MR) is 64.8 cm³/mol. The molecule has 20 heavy (non-hydrogen) atoms. The van der Waals surface area contributed by atoms with Gasteiger partial charge < -0.3 is 30.3 Å². The zero-order valence-corrected chi connectivity index (χ0v) is 11.0. The highest BCUT2D eigenvalue weighted by Gasteiger charge is 2.34. The maximum atomic E-state index is 11.8. The number of aliphatic hydroxyl groups excluding tert-OH is 2. The molecule has 114 valence electrons. The maximum Gasteiger partial charge on any atom is 0.326 e. The largest absolute Gasteiger partial charge is 0.480 e. The molecule has 1 rings (SSSR count). The Balaban J connectivity index is 2.51. The summed E-state index contributed by atoms with van der Waals surface area (Å²) in [5.41, 5.74) is 0. The Hall–Kier alpha value is -1.87. The second-order valence-corrected chi connectivity index (χ2v) is 4.49. The van der Waals surface area contributed by atoms with Gasteiger partial charge in [0.15, 0.2) is 0 Å². The molecule has 0 aromatic heterocycles. The number of carbonyl (C=O) groups is 3. The molecule has 1 heterocycles. The van der Waals surface area contributed by atoms with Crippen LogP contribution >= 0.6 is 0 Å². The number of amides is 2. The van der Waals surface area contributed by atoms with E-state index in [2.05, 4.69) is 10.1 Å². The van der Waals surface area contributed by atoms with Crippen LogP contribution in [0.5, 0.6) is 0 Å². The van der Waals surface area contributed by atoms with Crippen molar-refractivity contribution < 1.29 is 34.4 Å². The van der Waals surface area contributed by atoms with E-state index in [4.69, 9.17) is 5.11 Å². The van der Waals surface area contributed by atoms with Gasteiger partial charge in [0.25, 0.3) is 0 Å². The first-order valence-electron chi connectivity index (χ1n) is 6.06. The molecule has 1 aliphatic rings. The van der Waals surface area contributed by atoms with Gasteiger partial charge >= 0.3 is 18.0 Å². The van der Waals surface area contributed by atoms with E-state index in [1.54, 1.807) is 0 Å². The third-order valence-electron chi connectivity index (χ3n) is 3.01. The zero-order valence-electron chi connectivity index (χ0n) is 11.0. The van der Waals surface area contributed by atoms with Crippen LogP contribution in [-0.4, -0.2) is 76.6 Å². The summed E-state index contributed by atoms with van der Waals surface area (Å²) in [7, 11) is 1.18. The molecule has 9 nitrogen and oxygen atoms in total. The van der Waals surface area contributed by atoms with Crippen LogP contribution in [0.2, 0.25) is 0 Å². The molecule has 1 aliphatic heterocycles. The maximum absolute atomic E-state index is 11.8. The van der Waals surface area contributed by atoms with Gasteiger partial charge in [-0.05, 0) is 6.42 Å². The number of rotatable bonds is 5. The lowest BCUT2D eigenvalue weighted by atomic mass is 10.1. The van der Waals surface area contributed by atoms with Crippen LogP contribution in [0, 0.1) is 0 Å². The first kappa shape index (κ1) is 16.2. The Morgan fingerprint density at radius 1 is 1.30 bits per heavy atom. The molecule has 4 N–H and O–H groups in total. The Bertz CT molecular complexity index is 377. The minimum absolute atomic E-state index is 0.0731. The Morgan fingerprint density at radius 3 is 2.30 bits per heavy atom. The SMILES string of the molecule is COC(=O)CC[C@H](NC(=O)N1CC(O)C(O)C1)C(=O)O. The quantitative estimate of drug-likeness (QED) is 0.436. The van der Waals surface area contributed by atoms with Gasteiger partial charge in [-0.25, -0.2) is 9.59 Å². The van der Waals surface area contributed by atoms with Gasteiger partial charge in [-0.3, -0.25) is 4.79 Å². The van der Waals surface area contributed by atoms with E-state index >= 15 is 0 Å². The van der Waals surface area contributed by atoms with Crippen LogP contribution in [0.1, 0.15) is 12.8 Å². The summed E-state index contributed by atoms with van der Waals surface area (Å²) in [6.45, 7) is -0.146. The summed E-state index contributed by atoms with van der Waals surface area (Å²) in [6.07, 6.45) is -2.33. The predicted octanol–water partition coefficient (Wildman–Crippen LogP) is -1.86. The fraction of sp³-hybridized carbons (Fsp3) is 0.727. The lowest BCUT2D eigenvalue weighted by Gasteiger charge is -2.20. The molecular formula is C11H18N2O7. The van der Waals surface area contributed by atoms with Crippen molar-refractivity contribution in [3.05, 3.63) is 0 Å². The number of β-amino-alcohol motifs (C(OH)–C–C–N with tert-alkyl or cyclic N) is 2. The van der Waals surface area contributed by atoms with Crippen molar-refractivity contribution in [2.75, 3.05) is 20.2 Å². The van der Waals surface area contributed by atoms with Crippen molar-refractivity contribution in [1.82, 2.24) is 10.2 Å². The van der Waals surface area contributed by atoms with Crippen molar-refractivity contribution in [2.24, 2.45) is 0 Å². The van der Waals surface area contributed by atoms with Crippen LogP contribution in [-0.2, 0) is 14.3 Å². The van der Waals surface area contributed by atoms with Gasteiger partial charge in [-0.1, -0.05) is 0 Å². The number of nitrogens with zero attached hydrogens (tertiary/aromatic N) is 1. The minimum Gasteiger partial charge on any atom is -0.480 e. The van der Waals surface area contributed by atoms with E-state index in [0.29, 0.717) is 0 Å². The number of nitrogens with one attached hydrogen (secondary N) is 1. The van der Waals surface area contributed by atoms with Gasteiger partial charge in [0.2, 0.25) is 0 Å². The molecule has 0 saturated carbocycles. The highest BCUT2D eigenvalue weighted by Crippen LogP contribution is 2.10. The van der Waals surface area contributed by atoms with E-state index in [0.717, 1.165) is 4.90 Å². The average molecular weight is 290 g/mol. The number of hydrogen-bond donors (Lipinski definition) is 4. The molecule has 0 radical (unpaired) electrons. The number of ether oxygens (including phenoxy) is 1. The Labute approximate surface area is 115 Å². The van der Waals surface area contributed by atoms with Crippen molar-refractivity contribution in [3.63, 3.8) is 0 Å². The first-order valence-corrected chi connectivity index (χ1v) is 6.06. The number of esters is 1. The molecule has 0 aliphatic carbocycles. The van der Waals surface area contributed by atoms with Gasteiger partial charge in [-0.2, -0.15) is 0 Å². The fourth-order valence-electron chi connectivity index (χ4n) is 1.80. The van der Waals surface area contributed by atoms with Crippen LogP contribution in [0.4, 0.5) is 4.79 Å². The fourth-order valence-corrected chi connectivity index (χ4v) is 1.80. The molecule has 0 spiro atoms. The third kappa shape index (κ3) is 4.35. The molecular weight excluding hydrogens is 272 g/mol. The number of carboxylic acids is 1. The molecule has 2 amide bonds. The highest BCUT2D eigenvalue weighted by atomic mass is 16.5. The Morgan fingerprint density at radius 2 is 1.85 bits per heavy atom. The second-order valence-electron chi connectivity index (χ2n) is 4.49. The summed E-state index contributed by atoms with van der Waals surface area (Å²) in [5, 5.41) is 29.8. The van der Waals surface area contributed by atoms with Gasteiger partial charge in [0, 0.05) is 6.42 Å². The smallest absolute Gasteiger partial charge is 0.326 e. The standard InChI is InChI=1S/C11H18N2O7/c1-20-9(16)3-2-6(10(17)18)12-11(19)13-4-7(14)8(15)5-13/h6-8,14-15H,2-5H2,1H3,(H,12,19)(H,17,18)/t6-,7?,8?/m0/s1. The topological polar surface area (TPSA) is 136 Å². The van der Waals surface area contributed by atoms with Gasteiger partial charge in [0.1, 0.15) is 6.04 Å². The van der Waals surface area contributed by atoms with E-state index in [9.17, 15) is 24.6 Å². The van der Waals surface area contributed by atoms with Crippen molar-refractivity contribution in [3.8, 4) is 0 Å². The molecule has 0 aromatic carbocycles. The second kappa shape index (κ2) is 7.06. The van der Waals surface area contributed by atoms with Crippen LogP contribution in [0.3, 0.4) is 0 Å². The molecule has 0 aromatic rings.